The van der Waals surface area contributed by atoms with Gasteiger partial charge < -0.3 is 15.2 Å². The zero-order valence-electron chi connectivity index (χ0n) is 20.4. The van der Waals surface area contributed by atoms with Crippen LogP contribution in [0.5, 0.6) is 11.5 Å². The van der Waals surface area contributed by atoms with Crippen LogP contribution in [0.4, 0.5) is 28.4 Å². The van der Waals surface area contributed by atoms with Gasteiger partial charge >= 0.3 is 0 Å². The number of nitrogens with zero attached hydrogens (tertiary/aromatic N) is 4. The monoisotopic (exact) mass is 509 g/mol. The standard InChI is InChI=1S/C25H27N5O5S/c1-6-9-35-24-14-19(26)15(2)10-23(24)30-29-22-12-16(3)21(11-17(22)4)28-27-20-8-7-18(34-5)13-25(20)36(31,32)33/h1,7-8,10-14H,6,9,26H2,2-5H3,(H,31,32,33). The summed E-state index contributed by atoms with van der Waals surface area (Å²) in [4.78, 5) is -0.406. The van der Waals surface area contributed by atoms with Crippen LogP contribution < -0.4 is 15.2 Å². The molecule has 11 heteroatoms. The van der Waals surface area contributed by atoms with E-state index >= 15 is 0 Å². The first-order valence-corrected chi connectivity index (χ1v) is 12.3. The fourth-order valence-electron chi connectivity index (χ4n) is 3.18. The minimum absolute atomic E-state index is 0.0251. The Balaban J connectivity index is 1.93. The molecular formula is C25H27N5O5S. The molecule has 0 unspecified atom stereocenters. The van der Waals surface area contributed by atoms with Crippen LogP contribution in [-0.2, 0) is 10.1 Å². The molecule has 36 heavy (non-hydrogen) atoms. The number of benzene rings is 3. The lowest BCUT2D eigenvalue weighted by atomic mass is 10.1. The van der Waals surface area contributed by atoms with Gasteiger partial charge in [-0.15, -0.1) is 10.2 Å². The van der Waals surface area contributed by atoms with E-state index in [1.165, 1.54) is 25.3 Å². The van der Waals surface area contributed by atoms with Crippen molar-refractivity contribution in [3.63, 3.8) is 0 Å². The number of hydrogen-bond acceptors (Lipinski definition) is 9. The van der Waals surface area contributed by atoms with Crippen molar-refractivity contribution in [1.29, 1.82) is 0 Å². The summed E-state index contributed by atoms with van der Waals surface area (Å²) in [5.41, 5.74) is 10.5. The molecule has 2 radical (unpaired) electrons. The summed E-state index contributed by atoms with van der Waals surface area (Å²) in [7, 11) is -3.14. The molecule has 3 aromatic carbocycles. The summed E-state index contributed by atoms with van der Waals surface area (Å²) in [6, 6.07) is 11.1. The third-order valence-electron chi connectivity index (χ3n) is 5.21. The van der Waals surface area contributed by atoms with Crippen molar-refractivity contribution in [2.75, 3.05) is 19.5 Å². The van der Waals surface area contributed by atoms with Crippen molar-refractivity contribution in [3.05, 3.63) is 66.1 Å². The second-order valence-electron chi connectivity index (χ2n) is 7.95. The Kier molecular flexibility index (Phi) is 8.38. The number of methoxy groups -OCH3 is 1. The van der Waals surface area contributed by atoms with Gasteiger partial charge in [0.1, 0.15) is 27.8 Å². The number of ether oxygens (including phenoxy) is 2. The van der Waals surface area contributed by atoms with E-state index in [2.05, 4.69) is 20.5 Å². The number of nitrogen functional groups attached to an aromatic ring is 1. The maximum absolute atomic E-state index is 11.8. The molecular weight excluding hydrogens is 482 g/mol. The summed E-state index contributed by atoms with van der Waals surface area (Å²) in [5.74, 6) is 0.748. The van der Waals surface area contributed by atoms with Crippen LogP contribution in [-0.4, -0.2) is 26.7 Å². The van der Waals surface area contributed by atoms with Gasteiger partial charge in [0.25, 0.3) is 10.1 Å². The molecule has 0 aliphatic carbocycles. The van der Waals surface area contributed by atoms with E-state index in [9.17, 15) is 13.0 Å². The van der Waals surface area contributed by atoms with Crippen LogP contribution >= 0.6 is 0 Å². The van der Waals surface area contributed by atoms with Crippen LogP contribution in [0, 0.1) is 27.7 Å². The number of azo groups is 2. The lowest BCUT2D eigenvalue weighted by Gasteiger charge is -2.10. The Morgan fingerprint density at radius 3 is 1.97 bits per heavy atom. The smallest absolute Gasteiger partial charge is 0.296 e. The lowest BCUT2D eigenvalue weighted by molar-refractivity contribution is 0.325. The van der Waals surface area contributed by atoms with Crippen molar-refractivity contribution in [2.24, 2.45) is 20.5 Å². The van der Waals surface area contributed by atoms with Crippen molar-refractivity contribution in [1.82, 2.24) is 0 Å². The SMILES string of the molecule is [CH]CCOc1cc(N)c(C)cc1N=Nc1cc(C)c(N=Nc2ccc(OC)cc2S(=O)(=O)O)cc1C. The second kappa shape index (κ2) is 11.3. The molecule has 3 N–H and O–H groups in total. The molecule has 0 aliphatic rings. The van der Waals surface area contributed by atoms with E-state index in [1.807, 2.05) is 20.8 Å². The summed E-state index contributed by atoms with van der Waals surface area (Å²) in [6.45, 7) is 11.4. The largest absolute Gasteiger partial charge is 0.497 e. The van der Waals surface area contributed by atoms with Crippen LogP contribution in [0.1, 0.15) is 23.1 Å². The lowest BCUT2D eigenvalue weighted by Crippen LogP contribution is -1.99. The molecule has 0 saturated heterocycles. The molecule has 3 aromatic rings. The number of aryl methyl sites for hydroxylation is 3. The highest BCUT2D eigenvalue weighted by atomic mass is 32.2. The molecule has 0 fully saturated rings. The number of hydrogen-bond donors (Lipinski definition) is 2. The summed E-state index contributed by atoms with van der Waals surface area (Å²) in [6.07, 6.45) is 0.348. The predicted octanol–water partition coefficient (Wildman–Crippen LogP) is 6.76. The highest BCUT2D eigenvalue weighted by Crippen LogP contribution is 2.36. The molecule has 0 aromatic heterocycles. The Labute approximate surface area is 210 Å². The van der Waals surface area contributed by atoms with E-state index in [-0.39, 0.29) is 11.4 Å². The second-order valence-corrected chi connectivity index (χ2v) is 9.34. The Bertz CT molecular complexity index is 1440. The average Bonchev–Trinajstić information content (AvgIpc) is 2.83. The third-order valence-corrected chi connectivity index (χ3v) is 6.10. The van der Waals surface area contributed by atoms with Gasteiger partial charge in [-0.05, 0) is 81.1 Å². The molecule has 188 valence electrons. The summed E-state index contributed by atoms with van der Waals surface area (Å²) in [5, 5.41) is 17.0. The molecule has 10 nitrogen and oxygen atoms in total. The Hall–Kier alpha value is -3.83. The van der Waals surface area contributed by atoms with E-state index in [1.54, 1.807) is 24.3 Å². The van der Waals surface area contributed by atoms with Crippen molar-refractivity contribution in [2.45, 2.75) is 32.1 Å². The van der Waals surface area contributed by atoms with Gasteiger partial charge in [0.05, 0.1) is 25.1 Å². The van der Waals surface area contributed by atoms with Gasteiger partial charge in [-0.1, -0.05) is 0 Å². The highest BCUT2D eigenvalue weighted by Gasteiger charge is 2.17. The van der Waals surface area contributed by atoms with Crippen LogP contribution in [0.2, 0.25) is 0 Å². The molecule has 0 bridgehead atoms. The van der Waals surface area contributed by atoms with E-state index in [0.29, 0.717) is 41.5 Å². The molecule has 0 saturated carbocycles. The number of nitrogens with two attached hydrogens (primary N) is 1. The van der Waals surface area contributed by atoms with Gasteiger partial charge in [0.2, 0.25) is 0 Å². The van der Waals surface area contributed by atoms with E-state index in [0.717, 1.165) is 16.7 Å². The average molecular weight is 510 g/mol. The van der Waals surface area contributed by atoms with Crippen molar-refractivity contribution >= 4 is 38.6 Å². The van der Waals surface area contributed by atoms with E-state index < -0.39 is 15.0 Å². The van der Waals surface area contributed by atoms with Gasteiger partial charge in [-0.2, -0.15) is 18.6 Å². The zero-order valence-corrected chi connectivity index (χ0v) is 21.2. The van der Waals surface area contributed by atoms with Crippen LogP contribution in [0.3, 0.4) is 0 Å². The van der Waals surface area contributed by atoms with Crippen molar-refractivity contribution < 1.29 is 22.4 Å². The first kappa shape index (κ1) is 26.8. The van der Waals surface area contributed by atoms with E-state index in [4.69, 9.17) is 22.1 Å². The molecule has 0 aliphatic heterocycles. The first-order valence-electron chi connectivity index (χ1n) is 10.9. The third kappa shape index (κ3) is 6.43. The fourth-order valence-corrected chi connectivity index (χ4v) is 3.82. The minimum Gasteiger partial charge on any atom is -0.497 e. The first-order chi connectivity index (χ1) is 17.0. The number of anilines is 1. The highest BCUT2D eigenvalue weighted by molar-refractivity contribution is 7.86. The molecule has 0 spiro atoms. The van der Waals surface area contributed by atoms with Gasteiger partial charge in [-0.3, -0.25) is 4.55 Å². The maximum Gasteiger partial charge on any atom is 0.296 e. The summed E-state index contributed by atoms with van der Waals surface area (Å²) >= 11 is 0. The zero-order chi connectivity index (χ0) is 26.5. The van der Waals surface area contributed by atoms with Crippen LogP contribution in [0.25, 0.3) is 0 Å². The van der Waals surface area contributed by atoms with Gasteiger partial charge in [-0.25, -0.2) is 0 Å². The molecule has 0 heterocycles. The normalized spacial score (nSPS) is 11.9. The number of rotatable bonds is 9. The quantitative estimate of drug-likeness (QED) is 0.185. The summed E-state index contributed by atoms with van der Waals surface area (Å²) < 4.78 is 43.7. The fraction of sp³-hybridized carbons (Fsp3) is 0.240. The van der Waals surface area contributed by atoms with Gasteiger partial charge in [0.15, 0.2) is 0 Å². The molecule has 0 atom stereocenters. The molecule has 0 amide bonds. The topological polar surface area (TPSA) is 148 Å². The Morgan fingerprint density at radius 1 is 0.861 bits per heavy atom. The van der Waals surface area contributed by atoms with Crippen LogP contribution in [0.15, 0.2) is 67.8 Å². The molecule has 3 rings (SSSR count). The predicted molar refractivity (Wildman–Crippen MR) is 137 cm³/mol. The maximum atomic E-state index is 11.8. The Morgan fingerprint density at radius 2 is 1.42 bits per heavy atom. The van der Waals surface area contributed by atoms with Gasteiger partial charge in [0, 0.05) is 17.8 Å². The van der Waals surface area contributed by atoms with Crippen molar-refractivity contribution in [3.8, 4) is 11.5 Å². The minimum atomic E-state index is -4.53.